The minimum absolute atomic E-state index is 0.698. The average molecular weight is 238 g/mol. The fraction of sp³-hybridized carbons (Fsp3) is 0.273. The molecular weight excluding hydrogens is 224 g/mol. The number of nitrogens with one attached hydrogen (secondary N) is 1. The fourth-order valence-electron chi connectivity index (χ4n) is 1.36. The predicted molar refractivity (Wildman–Crippen MR) is 68.4 cm³/mol. The zero-order chi connectivity index (χ0) is 10.5. The maximum atomic E-state index is 5.42. The summed E-state index contributed by atoms with van der Waals surface area (Å²) in [4.78, 5) is 2.71. The van der Waals surface area contributed by atoms with Crippen molar-refractivity contribution in [3.8, 4) is 10.4 Å². The number of hydrogen-bond donors (Lipinski definition) is 2. The molecule has 0 aromatic carbocycles. The van der Waals surface area contributed by atoms with E-state index in [0.29, 0.717) is 6.54 Å². The maximum absolute atomic E-state index is 5.42. The van der Waals surface area contributed by atoms with E-state index in [-0.39, 0.29) is 0 Å². The molecular formula is C11H14N2S2. The van der Waals surface area contributed by atoms with Crippen LogP contribution in [0.1, 0.15) is 4.88 Å². The summed E-state index contributed by atoms with van der Waals surface area (Å²) in [5, 5.41) is 7.62. The molecule has 0 radical (unpaired) electrons. The van der Waals surface area contributed by atoms with Gasteiger partial charge in [-0.2, -0.15) is 0 Å². The van der Waals surface area contributed by atoms with Gasteiger partial charge in [0.05, 0.1) is 0 Å². The molecule has 0 aliphatic rings. The predicted octanol–water partition coefficient (Wildman–Crippen LogP) is 2.52. The van der Waals surface area contributed by atoms with Gasteiger partial charge in [0.2, 0.25) is 0 Å². The Morgan fingerprint density at radius 2 is 2.27 bits per heavy atom. The molecule has 2 rings (SSSR count). The molecule has 0 saturated carbocycles. The smallest absolute Gasteiger partial charge is 0.0351 e. The molecule has 0 saturated heterocycles. The summed E-state index contributed by atoms with van der Waals surface area (Å²) < 4.78 is 0. The Balaban J connectivity index is 1.98. The van der Waals surface area contributed by atoms with Crippen molar-refractivity contribution in [2.45, 2.75) is 6.54 Å². The van der Waals surface area contributed by atoms with Crippen LogP contribution in [-0.4, -0.2) is 13.1 Å². The van der Waals surface area contributed by atoms with Gasteiger partial charge in [-0.15, -0.1) is 22.7 Å². The van der Waals surface area contributed by atoms with Crippen LogP contribution in [0.4, 0.5) is 0 Å². The molecule has 2 aromatic rings. The molecule has 0 fully saturated rings. The summed E-state index contributed by atoms with van der Waals surface area (Å²) in [6.45, 7) is 2.50. The molecule has 80 valence electrons. The summed E-state index contributed by atoms with van der Waals surface area (Å²) in [6.07, 6.45) is 0. The molecule has 0 unspecified atom stereocenters. The van der Waals surface area contributed by atoms with Crippen molar-refractivity contribution >= 4 is 22.7 Å². The van der Waals surface area contributed by atoms with Gasteiger partial charge >= 0.3 is 0 Å². The van der Waals surface area contributed by atoms with Crippen LogP contribution in [0, 0.1) is 0 Å². The standard InChI is InChI=1S/C11H14N2S2/c12-3-4-13-7-10-6-9(8-15-10)11-2-1-5-14-11/h1-2,5-6,8,13H,3-4,7,12H2. The number of hydrogen-bond acceptors (Lipinski definition) is 4. The maximum Gasteiger partial charge on any atom is 0.0351 e. The Morgan fingerprint density at radius 1 is 1.33 bits per heavy atom. The zero-order valence-electron chi connectivity index (χ0n) is 8.40. The van der Waals surface area contributed by atoms with Crippen LogP contribution in [0.2, 0.25) is 0 Å². The first-order valence-corrected chi connectivity index (χ1v) is 6.68. The van der Waals surface area contributed by atoms with E-state index in [0.717, 1.165) is 13.1 Å². The minimum Gasteiger partial charge on any atom is -0.329 e. The van der Waals surface area contributed by atoms with Crippen LogP contribution in [0.25, 0.3) is 10.4 Å². The van der Waals surface area contributed by atoms with E-state index in [4.69, 9.17) is 5.73 Å². The molecule has 0 aliphatic carbocycles. The Morgan fingerprint density at radius 3 is 3.00 bits per heavy atom. The normalized spacial score (nSPS) is 10.7. The van der Waals surface area contributed by atoms with Crippen LogP contribution in [0.3, 0.4) is 0 Å². The average Bonchev–Trinajstić information content (AvgIpc) is 2.87. The quantitative estimate of drug-likeness (QED) is 0.786. The van der Waals surface area contributed by atoms with Crippen LogP contribution < -0.4 is 11.1 Å². The zero-order valence-corrected chi connectivity index (χ0v) is 10.0. The number of rotatable bonds is 5. The Kier molecular flexibility index (Phi) is 3.91. The van der Waals surface area contributed by atoms with E-state index >= 15 is 0 Å². The van der Waals surface area contributed by atoms with Gasteiger partial charge in [-0.25, -0.2) is 0 Å². The summed E-state index contributed by atoms with van der Waals surface area (Å²) in [5.74, 6) is 0. The van der Waals surface area contributed by atoms with Crippen molar-refractivity contribution in [3.05, 3.63) is 33.8 Å². The molecule has 4 heteroatoms. The lowest BCUT2D eigenvalue weighted by molar-refractivity contribution is 0.702. The molecule has 0 bridgehead atoms. The first-order valence-electron chi connectivity index (χ1n) is 4.92. The topological polar surface area (TPSA) is 38.0 Å². The van der Waals surface area contributed by atoms with Crippen molar-refractivity contribution in [2.75, 3.05) is 13.1 Å². The van der Waals surface area contributed by atoms with Crippen molar-refractivity contribution in [1.82, 2.24) is 5.32 Å². The number of nitrogens with two attached hydrogens (primary N) is 1. The lowest BCUT2D eigenvalue weighted by atomic mass is 10.2. The molecule has 2 nitrogen and oxygen atoms in total. The fourth-order valence-corrected chi connectivity index (χ4v) is 3.00. The highest BCUT2D eigenvalue weighted by Gasteiger charge is 2.02. The first-order chi connectivity index (χ1) is 7.40. The third-order valence-corrected chi connectivity index (χ3v) is 3.94. The van der Waals surface area contributed by atoms with E-state index in [2.05, 4.69) is 34.3 Å². The monoisotopic (exact) mass is 238 g/mol. The van der Waals surface area contributed by atoms with Gasteiger partial charge in [0.25, 0.3) is 0 Å². The van der Waals surface area contributed by atoms with Gasteiger partial charge in [0, 0.05) is 35.0 Å². The largest absolute Gasteiger partial charge is 0.329 e. The second kappa shape index (κ2) is 5.42. The van der Waals surface area contributed by atoms with Gasteiger partial charge in [-0.05, 0) is 22.9 Å². The van der Waals surface area contributed by atoms with E-state index in [1.807, 2.05) is 0 Å². The highest BCUT2D eigenvalue weighted by molar-refractivity contribution is 7.14. The van der Waals surface area contributed by atoms with Crippen LogP contribution in [0.5, 0.6) is 0 Å². The highest BCUT2D eigenvalue weighted by Crippen LogP contribution is 2.28. The van der Waals surface area contributed by atoms with Crippen LogP contribution in [-0.2, 0) is 6.54 Å². The van der Waals surface area contributed by atoms with Gasteiger partial charge in [-0.3, -0.25) is 0 Å². The minimum atomic E-state index is 0.698. The van der Waals surface area contributed by atoms with Crippen molar-refractivity contribution in [2.24, 2.45) is 5.73 Å². The summed E-state index contributed by atoms with van der Waals surface area (Å²) in [7, 11) is 0. The van der Waals surface area contributed by atoms with Crippen LogP contribution in [0.15, 0.2) is 29.0 Å². The molecule has 15 heavy (non-hydrogen) atoms. The Hall–Kier alpha value is -0.680. The molecule has 2 aromatic heterocycles. The summed E-state index contributed by atoms with van der Waals surface area (Å²) >= 11 is 3.59. The SMILES string of the molecule is NCCNCc1cc(-c2cccs2)cs1. The lowest BCUT2D eigenvalue weighted by Gasteiger charge is -1.98. The molecule has 0 spiro atoms. The van der Waals surface area contributed by atoms with Gasteiger partial charge in [0.15, 0.2) is 0 Å². The first kappa shape index (κ1) is 10.8. The van der Waals surface area contributed by atoms with E-state index in [1.165, 1.54) is 15.3 Å². The van der Waals surface area contributed by atoms with E-state index < -0.39 is 0 Å². The lowest BCUT2D eigenvalue weighted by Crippen LogP contribution is -2.21. The van der Waals surface area contributed by atoms with E-state index in [1.54, 1.807) is 22.7 Å². The van der Waals surface area contributed by atoms with Gasteiger partial charge in [-0.1, -0.05) is 6.07 Å². The third kappa shape index (κ3) is 2.89. The molecule has 0 amide bonds. The number of thiophene rings is 2. The second-order valence-electron chi connectivity index (χ2n) is 3.24. The Bertz CT molecular complexity index is 392. The third-order valence-electron chi connectivity index (χ3n) is 2.08. The van der Waals surface area contributed by atoms with Gasteiger partial charge in [0.1, 0.15) is 0 Å². The van der Waals surface area contributed by atoms with Crippen molar-refractivity contribution in [3.63, 3.8) is 0 Å². The molecule has 0 atom stereocenters. The molecule has 2 heterocycles. The van der Waals surface area contributed by atoms with Crippen LogP contribution >= 0.6 is 22.7 Å². The summed E-state index contributed by atoms with van der Waals surface area (Å²) in [5.41, 5.74) is 6.75. The molecule has 0 aliphatic heterocycles. The van der Waals surface area contributed by atoms with Crippen molar-refractivity contribution < 1.29 is 0 Å². The van der Waals surface area contributed by atoms with E-state index in [9.17, 15) is 0 Å². The molecule has 3 N–H and O–H groups in total. The summed E-state index contributed by atoms with van der Waals surface area (Å²) in [6, 6.07) is 6.49. The highest BCUT2D eigenvalue weighted by atomic mass is 32.1. The van der Waals surface area contributed by atoms with Crippen molar-refractivity contribution in [1.29, 1.82) is 0 Å². The van der Waals surface area contributed by atoms with Gasteiger partial charge < -0.3 is 11.1 Å². The second-order valence-corrected chi connectivity index (χ2v) is 5.19. The Labute approximate surface area is 97.8 Å².